The molecule has 0 fully saturated rings. The van der Waals surface area contributed by atoms with Crippen molar-refractivity contribution in [3.05, 3.63) is 30.5 Å². The Balaban J connectivity index is 2.51. The Labute approximate surface area is 102 Å². The quantitative estimate of drug-likeness (QED) is 0.823. The summed E-state index contributed by atoms with van der Waals surface area (Å²) in [7, 11) is 2.10. The van der Waals surface area contributed by atoms with Crippen LogP contribution in [-0.2, 0) is 0 Å². The first-order chi connectivity index (χ1) is 8.09. The molecule has 0 saturated carbocycles. The molecule has 1 aromatic heterocycles. The van der Waals surface area contributed by atoms with Gasteiger partial charge in [0.2, 0.25) is 0 Å². The first kappa shape index (κ1) is 11.7. The molecule has 3 heteroatoms. The zero-order chi connectivity index (χ0) is 12.4. The second kappa shape index (κ2) is 4.62. The predicted molar refractivity (Wildman–Crippen MR) is 74.3 cm³/mol. The van der Waals surface area contributed by atoms with Crippen molar-refractivity contribution in [3.63, 3.8) is 0 Å². The third kappa shape index (κ3) is 2.33. The Bertz CT molecular complexity index is 520. The molecule has 0 aliphatic heterocycles. The van der Waals surface area contributed by atoms with Gasteiger partial charge < -0.3 is 10.6 Å². The zero-order valence-corrected chi connectivity index (χ0v) is 10.6. The molecule has 17 heavy (non-hydrogen) atoms. The van der Waals surface area contributed by atoms with Gasteiger partial charge in [-0.15, -0.1) is 0 Å². The van der Waals surface area contributed by atoms with E-state index >= 15 is 0 Å². The van der Waals surface area contributed by atoms with Crippen LogP contribution < -0.4 is 10.6 Å². The number of hydrogen-bond acceptors (Lipinski definition) is 3. The monoisotopic (exact) mass is 229 g/mol. The molecule has 2 N–H and O–H groups in total. The summed E-state index contributed by atoms with van der Waals surface area (Å²) in [5, 5.41) is 1.03. The van der Waals surface area contributed by atoms with Crippen molar-refractivity contribution in [1.29, 1.82) is 0 Å². The van der Waals surface area contributed by atoms with Crippen molar-refractivity contribution in [3.8, 4) is 0 Å². The van der Waals surface area contributed by atoms with Crippen LogP contribution in [0.1, 0.15) is 13.8 Å². The molecule has 0 unspecified atom stereocenters. The number of fused-ring (bicyclic) bond motifs is 1. The van der Waals surface area contributed by atoms with E-state index < -0.39 is 0 Å². The zero-order valence-electron chi connectivity index (χ0n) is 10.6. The highest BCUT2D eigenvalue weighted by molar-refractivity contribution is 5.98. The molecule has 1 heterocycles. The molecule has 0 aliphatic rings. The second-order valence-corrected chi connectivity index (χ2v) is 4.85. The Morgan fingerprint density at radius 2 is 2.06 bits per heavy atom. The lowest BCUT2D eigenvalue weighted by Crippen LogP contribution is -2.22. The molecule has 0 atom stereocenters. The van der Waals surface area contributed by atoms with Crippen LogP contribution in [0, 0.1) is 5.92 Å². The predicted octanol–water partition coefficient (Wildman–Crippen LogP) is 2.91. The fourth-order valence-corrected chi connectivity index (χ4v) is 2.13. The van der Waals surface area contributed by atoms with Crippen molar-refractivity contribution in [2.24, 2.45) is 5.92 Å². The van der Waals surface area contributed by atoms with Gasteiger partial charge in [0, 0.05) is 30.9 Å². The molecule has 3 nitrogen and oxygen atoms in total. The number of benzene rings is 1. The number of pyridine rings is 1. The topological polar surface area (TPSA) is 42.1 Å². The lowest BCUT2D eigenvalue weighted by molar-refractivity contribution is 0.639. The van der Waals surface area contributed by atoms with Crippen molar-refractivity contribution in [2.45, 2.75) is 13.8 Å². The number of hydrogen-bond donors (Lipinski definition) is 1. The molecule has 2 aromatic rings. The Morgan fingerprint density at radius 3 is 2.76 bits per heavy atom. The lowest BCUT2D eigenvalue weighted by Gasteiger charge is -2.23. The number of rotatable bonds is 3. The molecule has 0 saturated heterocycles. The van der Waals surface area contributed by atoms with Gasteiger partial charge in [-0.1, -0.05) is 13.8 Å². The van der Waals surface area contributed by atoms with Gasteiger partial charge >= 0.3 is 0 Å². The first-order valence-electron chi connectivity index (χ1n) is 5.94. The minimum Gasteiger partial charge on any atom is -0.398 e. The van der Waals surface area contributed by atoms with E-state index in [4.69, 9.17) is 5.73 Å². The van der Waals surface area contributed by atoms with Gasteiger partial charge in [0.15, 0.2) is 0 Å². The van der Waals surface area contributed by atoms with E-state index in [1.54, 1.807) is 0 Å². The van der Waals surface area contributed by atoms with E-state index in [1.807, 2.05) is 30.5 Å². The summed E-state index contributed by atoms with van der Waals surface area (Å²) >= 11 is 0. The van der Waals surface area contributed by atoms with Crippen LogP contribution in [0.2, 0.25) is 0 Å². The molecular formula is C14H19N3. The normalized spacial score (nSPS) is 11.1. The Hall–Kier alpha value is -1.77. The molecule has 0 radical (unpaired) electrons. The fourth-order valence-electron chi connectivity index (χ4n) is 2.13. The van der Waals surface area contributed by atoms with Crippen LogP contribution in [-0.4, -0.2) is 18.6 Å². The maximum atomic E-state index is 5.97. The largest absolute Gasteiger partial charge is 0.398 e. The van der Waals surface area contributed by atoms with E-state index in [1.165, 1.54) is 0 Å². The molecule has 90 valence electrons. The SMILES string of the molecule is CC(C)CN(C)c1ccc(N)c2cccnc12. The molecule has 0 bridgehead atoms. The van der Waals surface area contributed by atoms with Crippen molar-refractivity contribution in [2.75, 3.05) is 24.2 Å². The maximum Gasteiger partial charge on any atom is 0.0955 e. The van der Waals surface area contributed by atoms with Crippen molar-refractivity contribution >= 4 is 22.3 Å². The molecule has 0 aliphatic carbocycles. The molecule has 0 spiro atoms. The fraction of sp³-hybridized carbons (Fsp3) is 0.357. The molecule has 1 aromatic carbocycles. The van der Waals surface area contributed by atoms with Gasteiger partial charge in [-0.05, 0) is 30.2 Å². The van der Waals surface area contributed by atoms with E-state index in [0.29, 0.717) is 5.92 Å². The van der Waals surface area contributed by atoms with E-state index in [-0.39, 0.29) is 0 Å². The Kier molecular flexibility index (Phi) is 3.18. The summed E-state index contributed by atoms with van der Waals surface area (Å²) in [4.78, 5) is 6.68. The van der Waals surface area contributed by atoms with Crippen LogP contribution in [0.3, 0.4) is 0 Å². The third-order valence-corrected chi connectivity index (χ3v) is 2.83. The van der Waals surface area contributed by atoms with E-state index in [0.717, 1.165) is 28.8 Å². The van der Waals surface area contributed by atoms with Gasteiger partial charge in [0.1, 0.15) is 0 Å². The van der Waals surface area contributed by atoms with Crippen LogP contribution in [0.25, 0.3) is 10.9 Å². The minimum atomic E-state index is 0.622. The average molecular weight is 229 g/mol. The number of nitrogen functional groups attached to an aromatic ring is 1. The number of aromatic nitrogens is 1. The summed E-state index contributed by atoms with van der Waals surface area (Å²) in [6, 6.07) is 7.94. The number of anilines is 2. The van der Waals surface area contributed by atoms with Crippen molar-refractivity contribution < 1.29 is 0 Å². The molecular weight excluding hydrogens is 210 g/mol. The van der Waals surface area contributed by atoms with Gasteiger partial charge in [-0.25, -0.2) is 0 Å². The van der Waals surface area contributed by atoms with Gasteiger partial charge in [-0.2, -0.15) is 0 Å². The average Bonchev–Trinajstić information content (AvgIpc) is 2.29. The highest BCUT2D eigenvalue weighted by Gasteiger charge is 2.09. The summed E-state index contributed by atoms with van der Waals surface area (Å²) in [5.74, 6) is 0.622. The van der Waals surface area contributed by atoms with E-state index in [2.05, 4.69) is 30.8 Å². The van der Waals surface area contributed by atoms with Gasteiger partial charge in [0.25, 0.3) is 0 Å². The maximum absolute atomic E-state index is 5.97. The smallest absolute Gasteiger partial charge is 0.0955 e. The molecule has 0 amide bonds. The van der Waals surface area contributed by atoms with Crippen LogP contribution in [0.4, 0.5) is 11.4 Å². The minimum absolute atomic E-state index is 0.622. The summed E-state index contributed by atoms with van der Waals surface area (Å²) < 4.78 is 0. The highest BCUT2D eigenvalue weighted by atomic mass is 15.1. The summed E-state index contributed by atoms with van der Waals surface area (Å²) in [6.45, 7) is 5.43. The second-order valence-electron chi connectivity index (χ2n) is 4.85. The standard InChI is InChI=1S/C14H19N3/c1-10(2)9-17(3)13-7-6-12(15)11-5-4-8-16-14(11)13/h4-8,10H,9,15H2,1-3H3. The van der Waals surface area contributed by atoms with Gasteiger partial charge in [0.05, 0.1) is 11.2 Å². The third-order valence-electron chi connectivity index (χ3n) is 2.83. The van der Waals surface area contributed by atoms with E-state index in [9.17, 15) is 0 Å². The first-order valence-corrected chi connectivity index (χ1v) is 5.94. The van der Waals surface area contributed by atoms with Gasteiger partial charge in [-0.3, -0.25) is 4.98 Å². The van der Waals surface area contributed by atoms with Crippen LogP contribution in [0.15, 0.2) is 30.5 Å². The molecule has 2 rings (SSSR count). The summed E-state index contributed by atoms with van der Waals surface area (Å²) in [6.07, 6.45) is 1.81. The Morgan fingerprint density at radius 1 is 1.29 bits per heavy atom. The highest BCUT2D eigenvalue weighted by Crippen LogP contribution is 2.28. The van der Waals surface area contributed by atoms with Crippen molar-refractivity contribution in [1.82, 2.24) is 4.98 Å². The number of nitrogens with zero attached hydrogens (tertiary/aromatic N) is 2. The number of nitrogens with two attached hydrogens (primary N) is 1. The van der Waals surface area contributed by atoms with Crippen LogP contribution >= 0.6 is 0 Å². The lowest BCUT2D eigenvalue weighted by atomic mass is 10.1. The van der Waals surface area contributed by atoms with Crippen LogP contribution in [0.5, 0.6) is 0 Å². The summed E-state index contributed by atoms with van der Waals surface area (Å²) in [5.41, 5.74) is 8.88.